The summed E-state index contributed by atoms with van der Waals surface area (Å²) in [6.45, 7) is 14.9. The van der Waals surface area contributed by atoms with Gasteiger partial charge in [-0.25, -0.2) is 0 Å². The van der Waals surface area contributed by atoms with E-state index in [1.807, 2.05) is 0 Å². The number of rotatable bonds is 3. The Morgan fingerprint density at radius 2 is 0.972 bits per heavy atom. The molecule has 3 nitrogen and oxygen atoms in total. The molecule has 3 aliphatic heterocycles. The number of anilines is 9. The van der Waals surface area contributed by atoms with Gasteiger partial charge in [-0.3, -0.25) is 0 Å². The summed E-state index contributed by atoms with van der Waals surface area (Å²) >= 11 is 0. The van der Waals surface area contributed by atoms with Crippen molar-refractivity contribution in [3.8, 4) is 0 Å². The van der Waals surface area contributed by atoms with E-state index in [0.29, 0.717) is 0 Å². The zero-order valence-corrected chi connectivity index (χ0v) is 42.6. The summed E-state index contributed by atoms with van der Waals surface area (Å²) in [6, 6.07) is 58.0. The smallest absolute Gasteiger partial charge is 0.252 e. The number of para-hydroxylation sites is 1. The zero-order valence-electron chi connectivity index (χ0n) is 42.6. The number of fused-ring (bicyclic) bond motifs is 10. The highest BCUT2D eigenvalue weighted by Crippen LogP contribution is 2.58. The van der Waals surface area contributed by atoms with Crippen molar-refractivity contribution in [1.29, 1.82) is 0 Å². The second kappa shape index (κ2) is 14.1. The maximum absolute atomic E-state index is 2.76. The van der Waals surface area contributed by atoms with Gasteiger partial charge >= 0.3 is 0 Å². The fraction of sp³-hybridized carbons (Fsp3) is 0.265. The standard InChI is InChI=1S/C68H60BN3/c1-66(2)36-44-20-13-26-54(49(44)38-66)71-56-28-15-29-57-64(56)69(53-32-43-31-30-41-18-12-25-48(62(41)43)65(53)72(57)55-27-14-21-45-37-67(3,4)39-50(45)55)52-35-58-51(34-59(52)71)68(5,6)63-47-24-11-17-40-16-10-19-42(61(40)47)33-60(63)70(58)46-22-8-7-9-23-46/h7-9,11-15,17-18,20-29,32-35H,10,16,19,30-31,36-39H2,1-6H3. The zero-order chi connectivity index (χ0) is 48.2. The Bertz CT molecular complexity index is 3910. The van der Waals surface area contributed by atoms with Crippen molar-refractivity contribution in [2.45, 2.75) is 105 Å². The molecule has 0 saturated heterocycles. The van der Waals surface area contributed by atoms with Gasteiger partial charge < -0.3 is 14.7 Å². The Labute approximate surface area is 425 Å². The van der Waals surface area contributed by atoms with Crippen molar-refractivity contribution >= 4 is 95.8 Å². The molecule has 0 atom stereocenters. The molecular weight excluding hydrogens is 870 g/mol. The molecule has 4 heteroatoms. The maximum Gasteiger partial charge on any atom is 0.252 e. The van der Waals surface area contributed by atoms with Crippen molar-refractivity contribution in [3.05, 3.63) is 201 Å². The van der Waals surface area contributed by atoms with Gasteiger partial charge in [0.25, 0.3) is 6.71 Å². The Morgan fingerprint density at radius 1 is 0.403 bits per heavy atom. The minimum atomic E-state index is -0.310. The first kappa shape index (κ1) is 41.6. The lowest BCUT2D eigenvalue weighted by atomic mass is 9.33. The topological polar surface area (TPSA) is 9.72 Å². The molecule has 350 valence electrons. The van der Waals surface area contributed by atoms with Crippen LogP contribution < -0.4 is 31.1 Å². The third-order valence-electron chi connectivity index (χ3n) is 18.7. The van der Waals surface area contributed by atoms with Crippen LogP contribution in [-0.4, -0.2) is 6.71 Å². The summed E-state index contributed by atoms with van der Waals surface area (Å²) < 4.78 is 0. The van der Waals surface area contributed by atoms with Crippen molar-refractivity contribution in [3.63, 3.8) is 0 Å². The van der Waals surface area contributed by atoms with Crippen LogP contribution in [0.1, 0.15) is 104 Å². The molecule has 0 bridgehead atoms. The highest BCUT2D eigenvalue weighted by atomic mass is 15.2. The molecule has 0 spiro atoms. The minimum Gasteiger partial charge on any atom is -0.311 e. The Kier molecular flexibility index (Phi) is 8.16. The van der Waals surface area contributed by atoms with Gasteiger partial charge in [0.05, 0.1) is 5.69 Å². The second-order valence-electron chi connectivity index (χ2n) is 24.8. The van der Waals surface area contributed by atoms with Gasteiger partial charge in [0, 0.05) is 56.3 Å². The minimum absolute atomic E-state index is 0.00719. The van der Waals surface area contributed by atoms with E-state index in [1.165, 1.54) is 151 Å². The number of nitrogens with zero attached hydrogens (tertiary/aromatic N) is 3. The molecule has 0 saturated carbocycles. The highest BCUT2D eigenvalue weighted by molar-refractivity contribution is 7.00. The van der Waals surface area contributed by atoms with Crippen LogP contribution in [0.4, 0.5) is 51.2 Å². The van der Waals surface area contributed by atoms with Crippen molar-refractivity contribution in [1.82, 2.24) is 0 Å². The Hall–Kier alpha value is -7.04. The van der Waals surface area contributed by atoms with E-state index >= 15 is 0 Å². The van der Waals surface area contributed by atoms with Crippen molar-refractivity contribution in [2.75, 3.05) is 14.7 Å². The third-order valence-corrected chi connectivity index (χ3v) is 18.7. The maximum atomic E-state index is 2.76. The Morgan fingerprint density at radius 3 is 1.71 bits per heavy atom. The molecule has 0 fully saturated rings. The lowest BCUT2D eigenvalue weighted by molar-refractivity contribution is 0.392. The molecule has 0 amide bonds. The van der Waals surface area contributed by atoms with Gasteiger partial charge in [0.1, 0.15) is 0 Å². The quantitative estimate of drug-likeness (QED) is 0.164. The molecule has 9 aromatic carbocycles. The van der Waals surface area contributed by atoms with Gasteiger partial charge in [0.2, 0.25) is 0 Å². The normalized spacial score (nSPS) is 18.4. The monoisotopic (exact) mass is 929 g/mol. The fourth-order valence-corrected chi connectivity index (χ4v) is 16.0. The lowest BCUT2D eigenvalue weighted by Crippen LogP contribution is -2.61. The molecule has 4 aliphatic carbocycles. The molecule has 7 aliphatic rings. The molecule has 0 aromatic heterocycles. The SMILES string of the molecule is CC1(C)Cc2cccc(N3c4cc5c(cc4B4c6cc7c8c(cccc8c6N(c6cccc8c6CC(C)(C)C8)c6cccc3c64)CC7)N(c3ccccc3)c3cc4c6c(cccc6c3C5(C)C)CCC4)c2C1. The number of hydrogen-bond acceptors (Lipinski definition) is 3. The van der Waals surface area contributed by atoms with Gasteiger partial charge in [-0.15, -0.1) is 0 Å². The van der Waals surface area contributed by atoms with E-state index < -0.39 is 0 Å². The lowest BCUT2D eigenvalue weighted by Gasteiger charge is -2.48. The highest BCUT2D eigenvalue weighted by Gasteiger charge is 2.49. The van der Waals surface area contributed by atoms with Crippen LogP contribution in [0.5, 0.6) is 0 Å². The molecule has 0 radical (unpaired) electrons. The summed E-state index contributed by atoms with van der Waals surface area (Å²) in [4.78, 5) is 8.17. The van der Waals surface area contributed by atoms with E-state index in [4.69, 9.17) is 0 Å². The predicted molar refractivity (Wildman–Crippen MR) is 304 cm³/mol. The Balaban J connectivity index is 1.04. The first-order chi connectivity index (χ1) is 34.9. The van der Waals surface area contributed by atoms with Crippen LogP contribution in [0.25, 0.3) is 21.5 Å². The molecule has 72 heavy (non-hydrogen) atoms. The largest absolute Gasteiger partial charge is 0.311 e. The average Bonchev–Trinajstić information content (AvgIpc) is 4.05. The van der Waals surface area contributed by atoms with Gasteiger partial charge in [-0.05, 0) is 211 Å². The van der Waals surface area contributed by atoms with Crippen LogP contribution in [0.3, 0.4) is 0 Å². The summed E-state index contributed by atoms with van der Waals surface area (Å²) in [5, 5.41) is 5.79. The van der Waals surface area contributed by atoms with Crippen molar-refractivity contribution < 1.29 is 0 Å². The second-order valence-corrected chi connectivity index (χ2v) is 24.8. The number of hydrogen-bond donors (Lipinski definition) is 0. The van der Waals surface area contributed by atoms with Crippen LogP contribution in [-0.2, 0) is 56.8 Å². The third kappa shape index (κ3) is 5.48. The first-order valence-electron chi connectivity index (χ1n) is 27.1. The van der Waals surface area contributed by atoms with Crippen LogP contribution in [0.2, 0.25) is 0 Å². The first-order valence-corrected chi connectivity index (χ1v) is 27.1. The number of aryl methyl sites for hydroxylation is 4. The average molecular weight is 930 g/mol. The molecular formula is C68H60BN3. The summed E-state index contributed by atoms with van der Waals surface area (Å²) in [7, 11) is 0. The molecule has 16 rings (SSSR count). The van der Waals surface area contributed by atoms with E-state index in [-0.39, 0.29) is 23.0 Å². The van der Waals surface area contributed by atoms with Crippen LogP contribution in [0.15, 0.2) is 146 Å². The number of benzene rings is 9. The van der Waals surface area contributed by atoms with Crippen LogP contribution in [0, 0.1) is 10.8 Å². The van der Waals surface area contributed by atoms with Gasteiger partial charge in [-0.1, -0.05) is 133 Å². The van der Waals surface area contributed by atoms with Gasteiger partial charge in [-0.2, -0.15) is 0 Å². The summed E-state index contributed by atoms with van der Waals surface area (Å²) in [6.07, 6.45) is 9.97. The van der Waals surface area contributed by atoms with Crippen LogP contribution >= 0.6 is 0 Å². The predicted octanol–water partition coefficient (Wildman–Crippen LogP) is 15.0. The van der Waals surface area contributed by atoms with E-state index in [1.54, 1.807) is 0 Å². The van der Waals surface area contributed by atoms with E-state index in [9.17, 15) is 0 Å². The molecule has 0 unspecified atom stereocenters. The van der Waals surface area contributed by atoms with E-state index in [0.717, 1.165) is 51.4 Å². The summed E-state index contributed by atoms with van der Waals surface area (Å²) in [5.74, 6) is 0. The molecule has 0 N–H and O–H groups in total. The molecule has 3 heterocycles. The summed E-state index contributed by atoms with van der Waals surface area (Å²) in [5.41, 5.74) is 31.0. The fourth-order valence-electron chi connectivity index (χ4n) is 16.0. The van der Waals surface area contributed by atoms with Crippen molar-refractivity contribution in [2.24, 2.45) is 10.8 Å². The molecule has 9 aromatic rings. The van der Waals surface area contributed by atoms with Gasteiger partial charge in [0.15, 0.2) is 0 Å². The van der Waals surface area contributed by atoms with E-state index in [2.05, 4.69) is 202 Å².